The van der Waals surface area contributed by atoms with Gasteiger partial charge in [-0.2, -0.15) is 0 Å². The molecule has 0 N–H and O–H groups in total. The molecule has 1 heterocycles. The van der Waals surface area contributed by atoms with E-state index < -0.39 is 0 Å². The molecule has 0 aliphatic heterocycles. The van der Waals surface area contributed by atoms with Gasteiger partial charge in [0.1, 0.15) is 0 Å². The van der Waals surface area contributed by atoms with Crippen LogP contribution in [0.25, 0.3) is 0 Å². The molecular weight excluding hydrogens is 158 g/mol. The Balaban J connectivity index is 2.90. The Morgan fingerprint density at radius 2 is 2.27 bits per heavy atom. The van der Waals surface area contributed by atoms with Crippen molar-refractivity contribution >= 4 is 17.1 Å². The molecule has 3 heteroatoms. The minimum atomic E-state index is 0.106. The number of ketones is 1. The maximum atomic E-state index is 10.9. The number of nitrogens with zero attached hydrogens (tertiary/aromatic N) is 1. The van der Waals surface area contributed by atoms with E-state index in [1.165, 1.54) is 11.3 Å². The number of carbonyl (C=O) groups is 1. The van der Waals surface area contributed by atoms with E-state index in [1.54, 1.807) is 13.1 Å². The molecule has 0 amide bonds. The molecule has 0 spiro atoms. The average molecular weight is 169 g/mol. The highest BCUT2D eigenvalue weighted by atomic mass is 32.1. The van der Waals surface area contributed by atoms with Gasteiger partial charge in [-0.25, -0.2) is 4.98 Å². The molecule has 0 saturated heterocycles. The van der Waals surface area contributed by atoms with E-state index in [4.69, 9.17) is 0 Å². The smallest absolute Gasteiger partial charge is 0.171 e. The van der Waals surface area contributed by atoms with Gasteiger partial charge in [0.05, 0.1) is 9.88 Å². The number of thiazole rings is 1. The molecule has 0 saturated carbocycles. The topological polar surface area (TPSA) is 30.0 Å². The van der Waals surface area contributed by atoms with Crippen LogP contribution in [-0.4, -0.2) is 10.8 Å². The van der Waals surface area contributed by atoms with Crippen molar-refractivity contribution in [2.45, 2.75) is 26.7 Å². The predicted octanol–water partition coefficient (Wildman–Crippen LogP) is 2.47. The van der Waals surface area contributed by atoms with Gasteiger partial charge in [-0.1, -0.05) is 13.8 Å². The van der Waals surface area contributed by atoms with Crippen LogP contribution in [-0.2, 0) is 0 Å². The summed E-state index contributed by atoms with van der Waals surface area (Å²) in [5, 5.41) is 1.04. The third-order valence-electron chi connectivity index (χ3n) is 1.36. The first-order valence-corrected chi connectivity index (χ1v) is 4.39. The Morgan fingerprint density at radius 3 is 2.55 bits per heavy atom. The maximum Gasteiger partial charge on any atom is 0.171 e. The second-order valence-corrected chi connectivity index (χ2v) is 3.84. The summed E-state index contributed by atoms with van der Waals surface area (Å²) in [6, 6.07) is 0. The zero-order valence-electron chi connectivity index (χ0n) is 6.92. The number of Topliss-reactive ketones (excluding diaryl/α,β-unsaturated/α-hetero) is 1. The minimum Gasteiger partial charge on any atom is -0.294 e. The number of aromatic nitrogens is 1. The summed E-state index contributed by atoms with van der Waals surface area (Å²) in [6.45, 7) is 5.71. The zero-order valence-corrected chi connectivity index (χ0v) is 7.73. The van der Waals surface area contributed by atoms with E-state index in [9.17, 15) is 4.79 Å². The van der Waals surface area contributed by atoms with Crippen LogP contribution in [0, 0.1) is 0 Å². The fourth-order valence-electron chi connectivity index (χ4n) is 0.717. The lowest BCUT2D eigenvalue weighted by Gasteiger charge is -1.94. The molecule has 0 aliphatic rings. The summed E-state index contributed by atoms with van der Waals surface area (Å²) in [5.74, 6) is 0.530. The molecule has 0 fully saturated rings. The van der Waals surface area contributed by atoms with Crippen LogP contribution in [0.15, 0.2) is 6.20 Å². The molecule has 0 radical (unpaired) electrons. The summed E-state index contributed by atoms with van der Waals surface area (Å²) in [6.07, 6.45) is 1.66. The number of rotatable bonds is 2. The second kappa shape index (κ2) is 3.13. The Bertz CT molecular complexity index is 265. The van der Waals surface area contributed by atoms with Crippen molar-refractivity contribution in [3.63, 3.8) is 0 Å². The first-order chi connectivity index (χ1) is 5.11. The molecule has 0 unspecified atom stereocenters. The first kappa shape index (κ1) is 8.40. The molecule has 0 aliphatic carbocycles. The lowest BCUT2D eigenvalue weighted by atomic mass is 10.2. The van der Waals surface area contributed by atoms with Crippen LogP contribution in [0.3, 0.4) is 0 Å². The molecule has 11 heavy (non-hydrogen) atoms. The summed E-state index contributed by atoms with van der Waals surface area (Å²) < 4.78 is 0. The third kappa shape index (κ3) is 1.87. The Kier molecular flexibility index (Phi) is 2.39. The molecule has 1 aromatic heterocycles. The molecule has 0 aromatic carbocycles. The van der Waals surface area contributed by atoms with Crippen molar-refractivity contribution in [3.05, 3.63) is 16.1 Å². The maximum absolute atomic E-state index is 10.9. The predicted molar refractivity (Wildman–Crippen MR) is 46.2 cm³/mol. The molecular formula is C8H11NOS. The van der Waals surface area contributed by atoms with Gasteiger partial charge in [0.25, 0.3) is 0 Å². The van der Waals surface area contributed by atoms with E-state index in [0.717, 1.165) is 9.88 Å². The first-order valence-electron chi connectivity index (χ1n) is 3.58. The van der Waals surface area contributed by atoms with E-state index in [0.29, 0.717) is 5.92 Å². The van der Waals surface area contributed by atoms with Gasteiger partial charge < -0.3 is 0 Å². The zero-order chi connectivity index (χ0) is 8.43. The molecule has 0 atom stereocenters. The fourth-order valence-corrected chi connectivity index (χ4v) is 1.53. The Labute approximate surface area is 70.3 Å². The van der Waals surface area contributed by atoms with Gasteiger partial charge in [0, 0.05) is 19.0 Å². The second-order valence-electron chi connectivity index (χ2n) is 2.77. The largest absolute Gasteiger partial charge is 0.294 e. The third-order valence-corrected chi connectivity index (χ3v) is 2.76. The highest BCUT2D eigenvalue weighted by molar-refractivity contribution is 7.13. The lowest BCUT2D eigenvalue weighted by molar-refractivity contribution is 0.102. The van der Waals surface area contributed by atoms with Crippen LogP contribution < -0.4 is 0 Å². The normalized spacial score (nSPS) is 10.5. The summed E-state index contributed by atoms with van der Waals surface area (Å²) in [4.78, 5) is 15.7. The van der Waals surface area contributed by atoms with E-state index >= 15 is 0 Å². The number of hydrogen-bond donors (Lipinski definition) is 0. The lowest BCUT2D eigenvalue weighted by Crippen LogP contribution is -1.84. The van der Waals surface area contributed by atoms with Crippen molar-refractivity contribution in [1.29, 1.82) is 0 Å². The van der Waals surface area contributed by atoms with Crippen molar-refractivity contribution in [2.24, 2.45) is 0 Å². The monoisotopic (exact) mass is 169 g/mol. The van der Waals surface area contributed by atoms with Crippen LogP contribution in [0.2, 0.25) is 0 Å². The standard InChI is InChI=1S/C8H11NOS/c1-5(2)8-9-4-7(11-8)6(3)10/h4-5H,1-3H3. The minimum absolute atomic E-state index is 0.106. The van der Waals surface area contributed by atoms with E-state index in [2.05, 4.69) is 18.8 Å². The Morgan fingerprint density at radius 1 is 1.64 bits per heavy atom. The molecule has 0 bridgehead atoms. The average Bonchev–Trinajstić information content (AvgIpc) is 2.33. The molecule has 1 aromatic rings. The summed E-state index contributed by atoms with van der Waals surface area (Å²) in [5.41, 5.74) is 0. The van der Waals surface area contributed by atoms with E-state index in [1.807, 2.05) is 0 Å². The SMILES string of the molecule is CC(=O)c1cnc(C(C)C)s1. The van der Waals surface area contributed by atoms with Crippen molar-refractivity contribution in [3.8, 4) is 0 Å². The van der Waals surface area contributed by atoms with Crippen molar-refractivity contribution < 1.29 is 4.79 Å². The van der Waals surface area contributed by atoms with Crippen molar-refractivity contribution in [2.75, 3.05) is 0 Å². The van der Waals surface area contributed by atoms with Crippen LogP contribution >= 0.6 is 11.3 Å². The quantitative estimate of drug-likeness (QED) is 0.636. The Hall–Kier alpha value is -0.700. The van der Waals surface area contributed by atoms with Gasteiger partial charge >= 0.3 is 0 Å². The number of hydrogen-bond acceptors (Lipinski definition) is 3. The van der Waals surface area contributed by atoms with Gasteiger partial charge in [0.15, 0.2) is 5.78 Å². The van der Waals surface area contributed by atoms with Crippen molar-refractivity contribution in [1.82, 2.24) is 4.98 Å². The summed E-state index contributed by atoms with van der Waals surface area (Å²) >= 11 is 1.49. The highest BCUT2D eigenvalue weighted by Crippen LogP contribution is 2.20. The van der Waals surface area contributed by atoms with E-state index in [-0.39, 0.29) is 5.78 Å². The van der Waals surface area contributed by atoms with Gasteiger partial charge in [-0.05, 0) is 0 Å². The molecule has 2 nitrogen and oxygen atoms in total. The molecule has 1 rings (SSSR count). The molecule has 60 valence electrons. The highest BCUT2D eigenvalue weighted by Gasteiger charge is 2.07. The van der Waals surface area contributed by atoms with Gasteiger partial charge in [-0.15, -0.1) is 11.3 Å². The van der Waals surface area contributed by atoms with Crippen LogP contribution in [0.5, 0.6) is 0 Å². The number of carbonyl (C=O) groups excluding carboxylic acids is 1. The summed E-state index contributed by atoms with van der Waals surface area (Å²) in [7, 11) is 0. The van der Waals surface area contributed by atoms with Crippen LogP contribution in [0.1, 0.15) is 41.4 Å². The van der Waals surface area contributed by atoms with Crippen LogP contribution in [0.4, 0.5) is 0 Å². The fraction of sp³-hybridized carbons (Fsp3) is 0.500. The van der Waals surface area contributed by atoms with Gasteiger partial charge in [-0.3, -0.25) is 4.79 Å². The van der Waals surface area contributed by atoms with Gasteiger partial charge in [0.2, 0.25) is 0 Å².